The number of rotatable bonds is 5. The number of aliphatic hydroxyl groups is 1. The second-order valence-electron chi connectivity index (χ2n) is 9.42. The average molecular weight is 471 g/mol. The molecule has 1 saturated carbocycles. The lowest BCUT2D eigenvalue weighted by Crippen LogP contribution is -2.45. The Balaban J connectivity index is 1.17. The molecule has 0 spiro atoms. The highest BCUT2D eigenvalue weighted by atomic mass is 16.5. The van der Waals surface area contributed by atoms with Crippen LogP contribution in [0.25, 0.3) is 11.1 Å². The number of carbonyl (C=O) groups is 2. The Labute approximate surface area is 203 Å². The van der Waals surface area contributed by atoms with Crippen molar-refractivity contribution in [3.05, 3.63) is 66.1 Å². The van der Waals surface area contributed by atoms with Crippen molar-refractivity contribution in [3.63, 3.8) is 0 Å². The SMILES string of the molecule is O=C1CCCN1c1ccc(-c2ccc(Cc3cnc4c(c3)N(C(=O)C3(O)CC3)CCO4)nc2)cc1. The summed E-state index contributed by atoms with van der Waals surface area (Å²) < 4.78 is 5.63. The van der Waals surface area contributed by atoms with Crippen LogP contribution in [-0.4, -0.2) is 52.2 Å². The number of hydrogen-bond donors (Lipinski definition) is 1. The molecule has 0 bridgehead atoms. The van der Waals surface area contributed by atoms with Gasteiger partial charge in [0, 0.05) is 48.7 Å². The van der Waals surface area contributed by atoms with Gasteiger partial charge in [0.15, 0.2) is 0 Å². The summed E-state index contributed by atoms with van der Waals surface area (Å²) in [4.78, 5) is 37.2. The molecule has 8 heteroatoms. The van der Waals surface area contributed by atoms with Gasteiger partial charge in [-0.25, -0.2) is 4.98 Å². The van der Waals surface area contributed by atoms with Crippen molar-refractivity contribution in [2.75, 3.05) is 29.5 Å². The molecular weight excluding hydrogens is 444 g/mol. The van der Waals surface area contributed by atoms with E-state index in [0.717, 1.165) is 41.0 Å². The van der Waals surface area contributed by atoms with Gasteiger partial charge in [0.2, 0.25) is 11.8 Å². The first-order valence-electron chi connectivity index (χ1n) is 12.0. The van der Waals surface area contributed by atoms with Crippen molar-refractivity contribution in [2.24, 2.45) is 0 Å². The molecule has 8 nitrogen and oxygen atoms in total. The Morgan fingerprint density at radius 2 is 1.83 bits per heavy atom. The molecule has 3 aliphatic rings. The molecule has 4 heterocycles. The summed E-state index contributed by atoms with van der Waals surface area (Å²) in [6.07, 6.45) is 6.68. The maximum Gasteiger partial charge on any atom is 0.259 e. The summed E-state index contributed by atoms with van der Waals surface area (Å²) in [6, 6.07) is 13.9. The van der Waals surface area contributed by atoms with Gasteiger partial charge >= 0.3 is 0 Å². The van der Waals surface area contributed by atoms with Crippen molar-refractivity contribution in [3.8, 4) is 17.0 Å². The Bertz CT molecular complexity index is 1290. The zero-order valence-electron chi connectivity index (χ0n) is 19.3. The molecule has 178 valence electrons. The highest BCUT2D eigenvalue weighted by molar-refractivity contribution is 6.02. The molecule has 1 N–H and O–H groups in total. The second-order valence-corrected chi connectivity index (χ2v) is 9.42. The van der Waals surface area contributed by atoms with E-state index in [9.17, 15) is 14.7 Å². The molecular formula is C27H26N4O4. The number of aromatic nitrogens is 2. The monoisotopic (exact) mass is 470 g/mol. The lowest BCUT2D eigenvalue weighted by atomic mass is 10.1. The third-order valence-corrected chi connectivity index (χ3v) is 6.90. The highest BCUT2D eigenvalue weighted by Gasteiger charge is 2.51. The van der Waals surface area contributed by atoms with E-state index in [1.165, 1.54) is 0 Å². The van der Waals surface area contributed by atoms with Crippen LogP contribution >= 0.6 is 0 Å². The number of ether oxygens (including phenoxy) is 1. The zero-order valence-corrected chi connectivity index (χ0v) is 19.3. The summed E-state index contributed by atoms with van der Waals surface area (Å²) >= 11 is 0. The normalized spacial score (nSPS) is 18.3. The van der Waals surface area contributed by atoms with Crippen LogP contribution in [0.2, 0.25) is 0 Å². The van der Waals surface area contributed by atoms with Crippen LogP contribution in [0, 0.1) is 0 Å². The smallest absolute Gasteiger partial charge is 0.259 e. The molecule has 1 aliphatic carbocycles. The topological polar surface area (TPSA) is 95.9 Å². The third kappa shape index (κ3) is 4.14. The molecule has 0 radical (unpaired) electrons. The summed E-state index contributed by atoms with van der Waals surface area (Å²) in [5.41, 5.74) is 4.14. The van der Waals surface area contributed by atoms with Gasteiger partial charge in [0.1, 0.15) is 17.9 Å². The maximum absolute atomic E-state index is 12.8. The van der Waals surface area contributed by atoms with Crippen molar-refractivity contribution < 1.29 is 19.4 Å². The highest BCUT2D eigenvalue weighted by Crippen LogP contribution is 2.40. The number of hydrogen-bond acceptors (Lipinski definition) is 6. The van der Waals surface area contributed by atoms with E-state index in [-0.39, 0.29) is 11.8 Å². The number of pyridine rings is 2. The zero-order chi connectivity index (χ0) is 24.0. The van der Waals surface area contributed by atoms with Crippen LogP contribution in [-0.2, 0) is 16.0 Å². The number of carbonyl (C=O) groups excluding carboxylic acids is 2. The molecule has 0 atom stereocenters. The van der Waals surface area contributed by atoms with Crippen LogP contribution in [0.5, 0.6) is 5.88 Å². The Morgan fingerprint density at radius 3 is 2.51 bits per heavy atom. The first-order valence-corrected chi connectivity index (χ1v) is 12.0. The number of fused-ring (bicyclic) bond motifs is 1. The Morgan fingerprint density at radius 1 is 1.03 bits per heavy atom. The minimum Gasteiger partial charge on any atom is -0.474 e. The van der Waals surface area contributed by atoms with Gasteiger partial charge in [0.05, 0.1) is 6.54 Å². The predicted octanol–water partition coefficient (Wildman–Crippen LogP) is 3.11. The lowest BCUT2D eigenvalue weighted by Gasteiger charge is -2.30. The minimum atomic E-state index is -1.23. The van der Waals surface area contributed by atoms with Crippen molar-refractivity contribution in [2.45, 2.75) is 37.7 Å². The second kappa shape index (κ2) is 8.46. The molecule has 2 fully saturated rings. The van der Waals surface area contributed by atoms with E-state index in [4.69, 9.17) is 4.74 Å². The van der Waals surface area contributed by atoms with Crippen molar-refractivity contribution in [1.82, 2.24) is 9.97 Å². The molecule has 35 heavy (non-hydrogen) atoms. The summed E-state index contributed by atoms with van der Waals surface area (Å²) in [7, 11) is 0. The van der Waals surface area contributed by atoms with Gasteiger partial charge in [-0.1, -0.05) is 18.2 Å². The van der Waals surface area contributed by atoms with Crippen LogP contribution in [0.4, 0.5) is 11.4 Å². The fourth-order valence-corrected chi connectivity index (χ4v) is 4.70. The quantitative estimate of drug-likeness (QED) is 0.616. The molecule has 0 unspecified atom stereocenters. The maximum atomic E-state index is 12.8. The number of benzene rings is 1. The Hall–Kier alpha value is -3.78. The molecule has 2 aromatic heterocycles. The number of anilines is 2. The molecule has 3 aromatic rings. The molecule has 1 saturated heterocycles. The van der Waals surface area contributed by atoms with E-state index < -0.39 is 5.60 Å². The fourth-order valence-electron chi connectivity index (χ4n) is 4.70. The van der Waals surface area contributed by atoms with Gasteiger partial charge in [-0.15, -0.1) is 0 Å². The molecule has 1 aromatic carbocycles. The van der Waals surface area contributed by atoms with Gasteiger partial charge in [-0.05, 0) is 54.7 Å². The number of amides is 2. The average Bonchev–Trinajstić information content (AvgIpc) is 3.50. The molecule has 6 rings (SSSR count). The molecule has 2 amide bonds. The van der Waals surface area contributed by atoms with Gasteiger partial charge in [-0.3, -0.25) is 14.6 Å². The van der Waals surface area contributed by atoms with Crippen molar-refractivity contribution in [1.29, 1.82) is 0 Å². The van der Waals surface area contributed by atoms with Crippen LogP contribution < -0.4 is 14.5 Å². The van der Waals surface area contributed by atoms with E-state index in [1.54, 1.807) is 11.1 Å². The lowest BCUT2D eigenvalue weighted by molar-refractivity contribution is -0.128. The van der Waals surface area contributed by atoms with Crippen LogP contribution in [0.3, 0.4) is 0 Å². The first-order chi connectivity index (χ1) is 17.0. The van der Waals surface area contributed by atoms with E-state index in [0.29, 0.717) is 50.4 Å². The largest absolute Gasteiger partial charge is 0.474 e. The summed E-state index contributed by atoms with van der Waals surface area (Å²) in [6.45, 7) is 1.54. The van der Waals surface area contributed by atoms with Crippen molar-refractivity contribution >= 4 is 23.2 Å². The van der Waals surface area contributed by atoms with Gasteiger partial charge in [-0.2, -0.15) is 0 Å². The Kier molecular flexibility index (Phi) is 5.25. The standard InChI is InChI=1S/C27H26N4O4/c32-24-2-1-11-30(24)22-7-4-19(5-8-22)20-3-6-21(28-17-20)14-18-15-23-25(29-16-18)35-13-12-31(23)26(33)27(34)9-10-27/h3-8,15-17,34H,1-2,9-14H2. The van der Waals surface area contributed by atoms with E-state index in [1.807, 2.05) is 53.6 Å². The summed E-state index contributed by atoms with van der Waals surface area (Å²) in [5.74, 6) is 0.325. The summed E-state index contributed by atoms with van der Waals surface area (Å²) in [5, 5.41) is 10.3. The van der Waals surface area contributed by atoms with Gasteiger partial charge in [0.25, 0.3) is 5.91 Å². The third-order valence-electron chi connectivity index (χ3n) is 6.90. The van der Waals surface area contributed by atoms with E-state index >= 15 is 0 Å². The molecule has 2 aliphatic heterocycles. The van der Waals surface area contributed by atoms with Crippen LogP contribution in [0.15, 0.2) is 54.9 Å². The van der Waals surface area contributed by atoms with Gasteiger partial charge < -0.3 is 19.6 Å². The first kappa shape index (κ1) is 21.7. The number of nitrogens with zero attached hydrogens (tertiary/aromatic N) is 4. The predicted molar refractivity (Wildman–Crippen MR) is 130 cm³/mol. The fraction of sp³-hybridized carbons (Fsp3) is 0.333. The minimum absolute atomic E-state index is 0.183. The van der Waals surface area contributed by atoms with Crippen LogP contribution in [0.1, 0.15) is 36.9 Å². The van der Waals surface area contributed by atoms with E-state index in [2.05, 4.69) is 9.97 Å².